The van der Waals surface area contributed by atoms with Crippen molar-refractivity contribution in [2.75, 3.05) is 11.4 Å². The molecule has 0 amide bonds. The third-order valence-electron chi connectivity index (χ3n) is 2.74. The summed E-state index contributed by atoms with van der Waals surface area (Å²) in [5, 5.41) is -0.368. The van der Waals surface area contributed by atoms with Gasteiger partial charge in [0.1, 0.15) is 18.1 Å². The maximum Gasteiger partial charge on any atom is 0.149 e. The molecule has 84 valence electrons. The van der Waals surface area contributed by atoms with Crippen molar-refractivity contribution in [3.05, 3.63) is 29.8 Å². The second kappa shape index (κ2) is 4.26. The SMILES string of the molecule is CC(=O)CN1c2ccccc2[C@H](Cl)[C@@H]1C=O. The van der Waals surface area contributed by atoms with E-state index in [1.807, 2.05) is 24.3 Å². The Hall–Kier alpha value is -1.35. The van der Waals surface area contributed by atoms with E-state index in [2.05, 4.69) is 0 Å². The molecule has 1 heterocycles. The number of rotatable bonds is 3. The highest BCUT2D eigenvalue weighted by Gasteiger charge is 2.37. The van der Waals surface area contributed by atoms with Gasteiger partial charge in [-0.1, -0.05) is 18.2 Å². The fraction of sp³-hybridized carbons (Fsp3) is 0.333. The monoisotopic (exact) mass is 237 g/mol. The highest BCUT2D eigenvalue weighted by molar-refractivity contribution is 6.24. The predicted octanol–water partition coefficient (Wildman–Crippen LogP) is 1.94. The van der Waals surface area contributed by atoms with Gasteiger partial charge in [0.05, 0.1) is 11.9 Å². The van der Waals surface area contributed by atoms with E-state index in [1.165, 1.54) is 6.92 Å². The Bertz CT molecular complexity index is 433. The number of carbonyl (C=O) groups excluding carboxylic acids is 2. The zero-order valence-electron chi connectivity index (χ0n) is 8.89. The normalized spacial score (nSPS) is 23.0. The Balaban J connectivity index is 2.42. The van der Waals surface area contributed by atoms with E-state index in [-0.39, 0.29) is 17.7 Å². The van der Waals surface area contributed by atoms with E-state index in [0.29, 0.717) is 0 Å². The predicted molar refractivity (Wildman–Crippen MR) is 62.9 cm³/mol. The standard InChI is InChI=1S/C12H12ClNO2/c1-8(16)6-14-10-5-3-2-4-9(10)12(13)11(14)7-15/h2-5,7,11-12H,6H2,1H3/t11-,12-/m0/s1. The van der Waals surface area contributed by atoms with Crippen molar-refractivity contribution in [2.45, 2.75) is 18.3 Å². The van der Waals surface area contributed by atoms with E-state index >= 15 is 0 Å². The molecule has 0 fully saturated rings. The van der Waals surface area contributed by atoms with Crippen LogP contribution in [0.1, 0.15) is 17.9 Å². The molecule has 4 heteroatoms. The van der Waals surface area contributed by atoms with Crippen LogP contribution in [0, 0.1) is 0 Å². The van der Waals surface area contributed by atoms with Gasteiger partial charge >= 0.3 is 0 Å². The molecule has 0 aliphatic carbocycles. The molecule has 16 heavy (non-hydrogen) atoms. The topological polar surface area (TPSA) is 37.4 Å². The molecule has 0 radical (unpaired) electrons. The number of aldehydes is 1. The van der Waals surface area contributed by atoms with E-state index in [1.54, 1.807) is 4.90 Å². The lowest BCUT2D eigenvalue weighted by atomic mass is 10.1. The van der Waals surface area contributed by atoms with Gasteiger partial charge in [-0.25, -0.2) is 0 Å². The highest BCUT2D eigenvalue weighted by atomic mass is 35.5. The van der Waals surface area contributed by atoms with Crippen LogP contribution in [0.15, 0.2) is 24.3 Å². The van der Waals surface area contributed by atoms with Crippen molar-refractivity contribution >= 4 is 29.4 Å². The minimum atomic E-state index is -0.442. The summed E-state index contributed by atoms with van der Waals surface area (Å²) in [6.07, 6.45) is 0.806. The fourth-order valence-corrected chi connectivity index (χ4v) is 2.44. The van der Waals surface area contributed by atoms with Gasteiger partial charge in [-0.2, -0.15) is 0 Å². The number of hydrogen-bond donors (Lipinski definition) is 0. The first-order chi connectivity index (χ1) is 7.65. The Morgan fingerprint density at radius 1 is 1.50 bits per heavy atom. The molecule has 2 atom stereocenters. The molecule has 1 aliphatic heterocycles. The largest absolute Gasteiger partial charge is 0.352 e. The van der Waals surface area contributed by atoms with E-state index in [4.69, 9.17) is 11.6 Å². The van der Waals surface area contributed by atoms with Crippen LogP contribution >= 0.6 is 11.6 Å². The first-order valence-corrected chi connectivity index (χ1v) is 5.53. The summed E-state index contributed by atoms with van der Waals surface area (Å²) in [5.74, 6) is 0.0208. The molecule has 0 N–H and O–H groups in total. The number of para-hydroxylation sites is 1. The number of hydrogen-bond acceptors (Lipinski definition) is 3. The Morgan fingerprint density at radius 2 is 2.19 bits per heavy atom. The van der Waals surface area contributed by atoms with Gasteiger partial charge in [0.2, 0.25) is 0 Å². The number of ketones is 1. The van der Waals surface area contributed by atoms with Crippen molar-refractivity contribution < 1.29 is 9.59 Å². The van der Waals surface area contributed by atoms with Crippen LogP contribution in [0.4, 0.5) is 5.69 Å². The maximum atomic E-state index is 11.2. The number of Topliss-reactive ketones (excluding diaryl/α,β-unsaturated/α-hetero) is 1. The third-order valence-corrected chi connectivity index (χ3v) is 3.23. The summed E-state index contributed by atoms with van der Waals surface area (Å²) >= 11 is 6.20. The Kier molecular flexibility index (Phi) is 2.97. The number of nitrogens with zero attached hydrogens (tertiary/aromatic N) is 1. The zero-order chi connectivity index (χ0) is 11.7. The molecule has 0 saturated carbocycles. The molecular formula is C12H12ClNO2. The maximum absolute atomic E-state index is 11.2. The molecule has 0 aromatic heterocycles. The van der Waals surface area contributed by atoms with Crippen LogP contribution in [0.25, 0.3) is 0 Å². The van der Waals surface area contributed by atoms with Crippen molar-refractivity contribution in [1.82, 2.24) is 0 Å². The number of carbonyl (C=O) groups is 2. The molecule has 0 unspecified atom stereocenters. The van der Waals surface area contributed by atoms with Gasteiger partial charge < -0.3 is 9.69 Å². The first kappa shape index (κ1) is 11.1. The van der Waals surface area contributed by atoms with Crippen LogP contribution in [-0.2, 0) is 9.59 Å². The van der Waals surface area contributed by atoms with Gasteiger partial charge in [-0.3, -0.25) is 4.79 Å². The fourth-order valence-electron chi connectivity index (χ4n) is 2.06. The molecule has 0 bridgehead atoms. The van der Waals surface area contributed by atoms with E-state index in [9.17, 15) is 9.59 Å². The highest BCUT2D eigenvalue weighted by Crippen LogP contribution is 2.42. The molecule has 3 nitrogen and oxygen atoms in total. The minimum Gasteiger partial charge on any atom is -0.352 e. The summed E-state index contributed by atoms with van der Waals surface area (Å²) in [4.78, 5) is 24.0. The molecule has 2 rings (SSSR count). The lowest BCUT2D eigenvalue weighted by molar-refractivity contribution is -0.115. The van der Waals surface area contributed by atoms with Crippen molar-refractivity contribution in [2.24, 2.45) is 0 Å². The van der Waals surface area contributed by atoms with Crippen LogP contribution in [0.2, 0.25) is 0 Å². The number of alkyl halides is 1. The smallest absolute Gasteiger partial charge is 0.149 e. The molecule has 0 saturated heterocycles. The Morgan fingerprint density at radius 3 is 2.81 bits per heavy atom. The molecular weight excluding hydrogens is 226 g/mol. The summed E-state index contributed by atoms with van der Waals surface area (Å²) in [6.45, 7) is 1.73. The minimum absolute atomic E-state index is 0.0208. The van der Waals surface area contributed by atoms with E-state index in [0.717, 1.165) is 17.5 Å². The molecule has 1 aromatic rings. The second-order valence-corrected chi connectivity index (χ2v) is 4.39. The number of anilines is 1. The molecule has 0 spiro atoms. The Labute approximate surface area is 99.0 Å². The van der Waals surface area contributed by atoms with Gasteiger partial charge in [-0.05, 0) is 18.6 Å². The summed E-state index contributed by atoms with van der Waals surface area (Å²) < 4.78 is 0. The number of benzene rings is 1. The van der Waals surface area contributed by atoms with Crippen LogP contribution in [0.5, 0.6) is 0 Å². The third kappa shape index (κ3) is 1.71. The lowest BCUT2D eigenvalue weighted by Gasteiger charge is -2.23. The molecule has 1 aliphatic rings. The lowest BCUT2D eigenvalue weighted by Crippen LogP contribution is -2.37. The van der Waals surface area contributed by atoms with Gasteiger partial charge in [0, 0.05) is 5.69 Å². The summed E-state index contributed by atoms with van der Waals surface area (Å²) in [7, 11) is 0. The van der Waals surface area contributed by atoms with Gasteiger partial charge in [0.25, 0.3) is 0 Å². The van der Waals surface area contributed by atoms with Crippen molar-refractivity contribution in [3.63, 3.8) is 0 Å². The second-order valence-electron chi connectivity index (χ2n) is 3.92. The quantitative estimate of drug-likeness (QED) is 0.596. The number of halogens is 1. The van der Waals surface area contributed by atoms with Crippen LogP contribution in [-0.4, -0.2) is 24.7 Å². The van der Waals surface area contributed by atoms with Crippen LogP contribution in [0.3, 0.4) is 0 Å². The van der Waals surface area contributed by atoms with Gasteiger partial charge in [-0.15, -0.1) is 11.6 Å². The van der Waals surface area contributed by atoms with Crippen LogP contribution < -0.4 is 4.90 Å². The average molecular weight is 238 g/mol. The summed E-state index contributed by atoms with van der Waals surface area (Å²) in [5.41, 5.74) is 1.80. The average Bonchev–Trinajstić information content (AvgIpc) is 2.52. The summed E-state index contributed by atoms with van der Waals surface area (Å²) in [6, 6.07) is 7.10. The molecule has 1 aromatic carbocycles. The number of fused-ring (bicyclic) bond motifs is 1. The first-order valence-electron chi connectivity index (χ1n) is 5.09. The zero-order valence-corrected chi connectivity index (χ0v) is 9.65. The van der Waals surface area contributed by atoms with Gasteiger partial charge in [0.15, 0.2) is 0 Å². The van der Waals surface area contributed by atoms with E-state index < -0.39 is 6.04 Å². The van der Waals surface area contributed by atoms with Crippen molar-refractivity contribution in [1.29, 1.82) is 0 Å². The van der Waals surface area contributed by atoms with Crippen molar-refractivity contribution in [3.8, 4) is 0 Å².